The lowest BCUT2D eigenvalue weighted by molar-refractivity contribution is -0.138. The molecule has 1 aliphatic heterocycles. The van der Waals surface area contributed by atoms with Gasteiger partial charge in [-0.05, 0) is 31.9 Å². The third-order valence-corrected chi connectivity index (χ3v) is 8.74. The molecule has 3 amide bonds. The van der Waals surface area contributed by atoms with Crippen molar-refractivity contribution >= 4 is 51.1 Å². The molecule has 1 fully saturated rings. The van der Waals surface area contributed by atoms with E-state index in [2.05, 4.69) is 26.1 Å². The van der Waals surface area contributed by atoms with Gasteiger partial charge in [0.2, 0.25) is 17.7 Å². The topological polar surface area (TPSA) is 66.5 Å². The fourth-order valence-corrected chi connectivity index (χ4v) is 6.76. The van der Waals surface area contributed by atoms with Crippen LogP contribution in [0, 0.1) is 0 Å². The van der Waals surface area contributed by atoms with E-state index < -0.39 is 0 Å². The standard InChI is InChI=1S/C19H34N2O3S3/c1-6-9-19(4,5)27-25-12-7-8-16(22)20-10-11-21-17(23)13-15(18(21)24)26-14(2)3/h14-15H,6-13H2,1-5H3,(H,20,22). The summed E-state index contributed by atoms with van der Waals surface area (Å²) in [6.07, 6.45) is 3.96. The van der Waals surface area contributed by atoms with E-state index in [1.807, 2.05) is 35.4 Å². The first-order valence-electron chi connectivity index (χ1n) is 9.73. The molecule has 1 saturated heterocycles. The number of amides is 3. The minimum Gasteiger partial charge on any atom is -0.354 e. The third-order valence-electron chi connectivity index (χ3n) is 4.06. The van der Waals surface area contributed by atoms with Gasteiger partial charge in [-0.2, -0.15) is 0 Å². The monoisotopic (exact) mass is 434 g/mol. The van der Waals surface area contributed by atoms with Gasteiger partial charge in [0.15, 0.2) is 0 Å². The van der Waals surface area contributed by atoms with Gasteiger partial charge < -0.3 is 5.32 Å². The van der Waals surface area contributed by atoms with Crippen molar-refractivity contribution in [2.75, 3.05) is 18.8 Å². The predicted molar refractivity (Wildman–Crippen MR) is 119 cm³/mol. The van der Waals surface area contributed by atoms with Crippen molar-refractivity contribution in [1.82, 2.24) is 10.2 Å². The summed E-state index contributed by atoms with van der Waals surface area (Å²) in [5.74, 6) is 0.690. The second-order valence-electron chi connectivity index (χ2n) is 7.63. The molecule has 1 unspecified atom stereocenters. The van der Waals surface area contributed by atoms with E-state index in [1.165, 1.54) is 29.5 Å². The molecule has 5 nitrogen and oxygen atoms in total. The number of hydrogen-bond acceptors (Lipinski definition) is 6. The molecule has 0 radical (unpaired) electrons. The number of imide groups is 1. The Morgan fingerprint density at radius 2 is 2.04 bits per heavy atom. The van der Waals surface area contributed by atoms with E-state index in [0.29, 0.717) is 18.2 Å². The van der Waals surface area contributed by atoms with Crippen molar-refractivity contribution in [3.63, 3.8) is 0 Å². The predicted octanol–water partition coefficient (Wildman–Crippen LogP) is 4.11. The molecule has 1 heterocycles. The number of likely N-dealkylation sites (tertiary alicyclic amines) is 1. The number of nitrogens with zero attached hydrogens (tertiary/aromatic N) is 1. The third kappa shape index (κ3) is 9.61. The Balaban J connectivity index is 2.17. The van der Waals surface area contributed by atoms with Crippen LogP contribution in [0.5, 0.6) is 0 Å². The number of thioether (sulfide) groups is 1. The van der Waals surface area contributed by atoms with Crippen LogP contribution < -0.4 is 5.32 Å². The van der Waals surface area contributed by atoms with Crippen molar-refractivity contribution in [2.24, 2.45) is 0 Å². The Labute approximate surface area is 176 Å². The van der Waals surface area contributed by atoms with Gasteiger partial charge in [-0.15, -0.1) is 11.8 Å². The van der Waals surface area contributed by atoms with Crippen LogP contribution in [0.4, 0.5) is 0 Å². The molecule has 0 aromatic heterocycles. The van der Waals surface area contributed by atoms with E-state index in [4.69, 9.17) is 0 Å². The quantitative estimate of drug-likeness (QED) is 0.267. The van der Waals surface area contributed by atoms with Crippen LogP contribution in [0.15, 0.2) is 0 Å². The Bertz CT molecular complexity index is 512. The number of nitrogens with one attached hydrogen (secondary N) is 1. The van der Waals surface area contributed by atoms with Crippen LogP contribution in [-0.4, -0.2) is 56.7 Å². The molecular weight excluding hydrogens is 400 g/mol. The molecule has 8 heteroatoms. The number of hydrogen-bond donors (Lipinski definition) is 1. The molecule has 0 aromatic rings. The molecule has 1 atom stereocenters. The molecule has 1 N–H and O–H groups in total. The van der Waals surface area contributed by atoms with E-state index in [9.17, 15) is 14.4 Å². The molecule has 27 heavy (non-hydrogen) atoms. The van der Waals surface area contributed by atoms with Crippen molar-refractivity contribution in [3.8, 4) is 0 Å². The maximum Gasteiger partial charge on any atom is 0.242 e. The lowest BCUT2D eigenvalue weighted by Gasteiger charge is -2.22. The number of rotatable bonds is 13. The Morgan fingerprint density at radius 3 is 2.67 bits per heavy atom. The van der Waals surface area contributed by atoms with E-state index in [-0.39, 0.29) is 40.7 Å². The summed E-state index contributed by atoms with van der Waals surface area (Å²) in [7, 11) is 3.72. The van der Waals surface area contributed by atoms with Crippen LogP contribution in [0.25, 0.3) is 0 Å². The van der Waals surface area contributed by atoms with Crippen molar-refractivity contribution in [3.05, 3.63) is 0 Å². The summed E-state index contributed by atoms with van der Waals surface area (Å²) in [6, 6.07) is 0. The SMILES string of the molecule is CCCC(C)(C)SSCCCC(=O)NCCN1C(=O)CC(SC(C)C)C1=O. The highest BCUT2D eigenvalue weighted by molar-refractivity contribution is 8.77. The summed E-state index contributed by atoms with van der Waals surface area (Å²) in [4.78, 5) is 37.5. The first-order valence-corrected chi connectivity index (χ1v) is 13.0. The summed E-state index contributed by atoms with van der Waals surface area (Å²) in [5.41, 5.74) is 0. The lowest BCUT2D eigenvalue weighted by atomic mass is 10.1. The second kappa shape index (κ2) is 12.3. The van der Waals surface area contributed by atoms with Crippen LogP contribution in [0.2, 0.25) is 0 Å². The second-order valence-corrected chi connectivity index (χ2v) is 12.5. The largest absolute Gasteiger partial charge is 0.354 e. The number of carbonyl (C=O) groups is 3. The Hall–Kier alpha value is -0.340. The van der Waals surface area contributed by atoms with E-state index >= 15 is 0 Å². The van der Waals surface area contributed by atoms with E-state index in [1.54, 1.807) is 0 Å². The number of carbonyl (C=O) groups excluding carboxylic acids is 3. The van der Waals surface area contributed by atoms with Crippen molar-refractivity contribution in [2.45, 2.75) is 82.0 Å². The van der Waals surface area contributed by atoms with Gasteiger partial charge >= 0.3 is 0 Å². The minimum atomic E-state index is -0.264. The summed E-state index contributed by atoms with van der Waals surface area (Å²) < 4.78 is 0.280. The zero-order valence-electron chi connectivity index (χ0n) is 17.2. The first kappa shape index (κ1) is 24.7. The van der Waals surface area contributed by atoms with Crippen LogP contribution in [-0.2, 0) is 14.4 Å². The van der Waals surface area contributed by atoms with Crippen LogP contribution in [0.1, 0.15) is 66.7 Å². The van der Waals surface area contributed by atoms with Crippen molar-refractivity contribution in [1.29, 1.82) is 0 Å². The molecular formula is C19H34N2O3S3. The van der Waals surface area contributed by atoms with Gasteiger partial charge in [0.1, 0.15) is 0 Å². The van der Waals surface area contributed by atoms with Crippen molar-refractivity contribution < 1.29 is 14.4 Å². The maximum absolute atomic E-state index is 12.3. The molecule has 1 aliphatic rings. The highest BCUT2D eigenvalue weighted by atomic mass is 33.1. The summed E-state index contributed by atoms with van der Waals surface area (Å²) >= 11 is 1.53. The van der Waals surface area contributed by atoms with Gasteiger partial charge in [0.25, 0.3) is 0 Å². The van der Waals surface area contributed by atoms with Gasteiger partial charge in [-0.25, -0.2) is 0 Å². The maximum atomic E-state index is 12.3. The summed E-state index contributed by atoms with van der Waals surface area (Å²) in [6.45, 7) is 11.4. The lowest BCUT2D eigenvalue weighted by Crippen LogP contribution is -2.39. The van der Waals surface area contributed by atoms with Gasteiger partial charge in [0, 0.05) is 36.4 Å². The highest BCUT2D eigenvalue weighted by Crippen LogP contribution is 2.39. The average Bonchev–Trinajstić information content (AvgIpc) is 2.81. The van der Waals surface area contributed by atoms with Gasteiger partial charge in [0.05, 0.1) is 5.25 Å². The zero-order chi connectivity index (χ0) is 20.4. The molecule has 156 valence electrons. The fourth-order valence-electron chi connectivity index (χ4n) is 2.85. The molecule has 0 aromatic carbocycles. The molecule has 0 saturated carbocycles. The molecule has 0 aliphatic carbocycles. The van der Waals surface area contributed by atoms with E-state index in [0.717, 1.165) is 12.2 Å². The Morgan fingerprint density at radius 1 is 1.33 bits per heavy atom. The highest BCUT2D eigenvalue weighted by Gasteiger charge is 2.38. The zero-order valence-corrected chi connectivity index (χ0v) is 19.7. The summed E-state index contributed by atoms with van der Waals surface area (Å²) in [5, 5.41) is 2.88. The normalized spacial score (nSPS) is 17.9. The van der Waals surface area contributed by atoms with Gasteiger partial charge in [-0.3, -0.25) is 19.3 Å². The molecule has 0 spiro atoms. The van der Waals surface area contributed by atoms with Crippen LogP contribution >= 0.6 is 33.3 Å². The van der Waals surface area contributed by atoms with Gasteiger partial charge in [-0.1, -0.05) is 48.8 Å². The molecule has 0 bridgehead atoms. The average molecular weight is 435 g/mol. The Kier molecular flexibility index (Phi) is 11.2. The minimum absolute atomic E-state index is 0.0133. The smallest absolute Gasteiger partial charge is 0.242 e. The first-order chi connectivity index (χ1) is 12.7. The molecule has 1 rings (SSSR count). The van der Waals surface area contributed by atoms with Crippen LogP contribution in [0.3, 0.4) is 0 Å². The fraction of sp³-hybridized carbons (Fsp3) is 0.842.